The zero-order valence-electron chi connectivity index (χ0n) is 12.1. The molecular formula is C15H14I2N2O2S. The number of carbonyl (C=O) groups is 1. The van der Waals surface area contributed by atoms with E-state index in [-0.39, 0.29) is 5.91 Å². The number of amidine groups is 1. The number of hydrogen-bond acceptors (Lipinski definition) is 4. The fourth-order valence-corrected chi connectivity index (χ4v) is 4.90. The second-order valence-corrected chi connectivity index (χ2v) is 7.73. The molecule has 1 fully saturated rings. The van der Waals surface area contributed by atoms with Crippen LogP contribution in [0.25, 0.3) is 6.08 Å². The first-order chi connectivity index (χ1) is 10.5. The molecule has 1 saturated heterocycles. The highest BCUT2D eigenvalue weighted by molar-refractivity contribution is 14.1. The van der Waals surface area contributed by atoms with Gasteiger partial charge in [-0.1, -0.05) is 12.7 Å². The molecule has 1 aliphatic rings. The molecule has 1 aromatic rings. The summed E-state index contributed by atoms with van der Waals surface area (Å²) in [5, 5.41) is 0.714. The highest BCUT2D eigenvalue weighted by Gasteiger charge is 2.29. The summed E-state index contributed by atoms with van der Waals surface area (Å²) in [5.41, 5.74) is 0.973. The van der Waals surface area contributed by atoms with Gasteiger partial charge in [0.05, 0.1) is 12.0 Å². The van der Waals surface area contributed by atoms with Crippen LogP contribution < -0.4 is 4.74 Å². The number of likely N-dealkylation sites (N-methyl/N-ethyl adjacent to an activating group) is 1. The molecule has 1 amide bonds. The first kappa shape index (κ1) is 17.8. The molecule has 7 heteroatoms. The molecule has 1 aromatic carbocycles. The molecule has 0 spiro atoms. The molecule has 4 nitrogen and oxygen atoms in total. The van der Waals surface area contributed by atoms with E-state index in [1.54, 1.807) is 25.1 Å². The van der Waals surface area contributed by atoms with Crippen LogP contribution >= 0.6 is 56.9 Å². The Morgan fingerprint density at radius 2 is 2.05 bits per heavy atom. The third-order valence-corrected chi connectivity index (χ3v) is 5.61. The van der Waals surface area contributed by atoms with Crippen LogP contribution in [0.4, 0.5) is 0 Å². The molecule has 0 bridgehead atoms. The van der Waals surface area contributed by atoms with E-state index in [9.17, 15) is 4.79 Å². The Labute approximate surface area is 161 Å². The molecular weight excluding hydrogens is 526 g/mol. The fraction of sp³-hybridized carbons (Fsp3) is 0.200. The van der Waals surface area contributed by atoms with Crippen molar-refractivity contribution in [3.05, 3.63) is 42.4 Å². The zero-order chi connectivity index (χ0) is 16.3. The van der Waals surface area contributed by atoms with Gasteiger partial charge in [0.25, 0.3) is 5.91 Å². The van der Waals surface area contributed by atoms with Crippen LogP contribution in [0.5, 0.6) is 5.75 Å². The predicted molar refractivity (Wildman–Crippen MR) is 109 cm³/mol. The van der Waals surface area contributed by atoms with E-state index >= 15 is 0 Å². The van der Waals surface area contributed by atoms with Crippen LogP contribution in [0.2, 0.25) is 0 Å². The lowest BCUT2D eigenvalue weighted by molar-refractivity contribution is -0.121. The van der Waals surface area contributed by atoms with Crippen molar-refractivity contribution in [1.82, 2.24) is 4.90 Å². The molecule has 1 aliphatic heterocycles. The van der Waals surface area contributed by atoms with Gasteiger partial charge >= 0.3 is 0 Å². The lowest BCUT2D eigenvalue weighted by Gasteiger charge is -2.10. The number of thioether (sulfide) groups is 1. The van der Waals surface area contributed by atoms with Crippen molar-refractivity contribution >= 4 is 74.1 Å². The van der Waals surface area contributed by atoms with Gasteiger partial charge in [0.15, 0.2) is 5.17 Å². The zero-order valence-corrected chi connectivity index (χ0v) is 17.2. The van der Waals surface area contributed by atoms with Gasteiger partial charge in [0.1, 0.15) is 12.4 Å². The fourth-order valence-electron chi connectivity index (χ4n) is 1.84. The molecule has 0 N–H and O–H groups in total. The summed E-state index contributed by atoms with van der Waals surface area (Å²) in [6.45, 7) is 4.13. The summed E-state index contributed by atoms with van der Waals surface area (Å²) >= 11 is 5.87. The van der Waals surface area contributed by atoms with Crippen molar-refractivity contribution in [3.63, 3.8) is 0 Å². The Bertz CT molecular complexity index is 663. The summed E-state index contributed by atoms with van der Waals surface area (Å²) in [4.78, 5) is 18.5. The minimum Gasteiger partial charge on any atom is -0.487 e. The van der Waals surface area contributed by atoms with Crippen LogP contribution in [-0.2, 0) is 4.79 Å². The minimum atomic E-state index is -0.0254. The van der Waals surface area contributed by atoms with E-state index in [4.69, 9.17) is 4.74 Å². The van der Waals surface area contributed by atoms with Crippen LogP contribution in [0, 0.1) is 7.14 Å². The first-order valence-electron chi connectivity index (χ1n) is 6.35. The average molecular weight is 540 g/mol. The molecule has 22 heavy (non-hydrogen) atoms. The molecule has 0 atom stereocenters. The molecule has 0 unspecified atom stereocenters. The van der Waals surface area contributed by atoms with Crippen LogP contribution in [0.3, 0.4) is 0 Å². The van der Waals surface area contributed by atoms with Gasteiger partial charge in [-0.2, -0.15) is 0 Å². The van der Waals surface area contributed by atoms with Crippen molar-refractivity contribution in [2.24, 2.45) is 4.99 Å². The SMILES string of the molecule is C=CCOc1c(I)cc(/C=C2/SC(=NC)N(C)C2=O)cc1I. The van der Waals surface area contributed by atoms with Crippen molar-refractivity contribution in [2.75, 3.05) is 20.7 Å². The maximum Gasteiger partial charge on any atom is 0.266 e. The van der Waals surface area contributed by atoms with Gasteiger partial charge in [-0.15, -0.1) is 0 Å². The van der Waals surface area contributed by atoms with Crippen molar-refractivity contribution in [2.45, 2.75) is 0 Å². The van der Waals surface area contributed by atoms with Gasteiger partial charge in [-0.3, -0.25) is 14.7 Å². The third-order valence-electron chi connectivity index (χ3n) is 2.86. The Hall–Kier alpha value is -0.550. The maximum atomic E-state index is 12.2. The van der Waals surface area contributed by atoms with E-state index in [2.05, 4.69) is 56.8 Å². The molecule has 116 valence electrons. The standard InChI is InChI=1S/C15H14I2N2O2S/c1-4-5-21-13-10(16)6-9(7-11(13)17)8-12-14(20)19(3)15(18-2)22-12/h4,6-8H,1,5H2,2-3H3/b12-8+,18-15?. The molecule has 0 aromatic heterocycles. The van der Waals surface area contributed by atoms with Gasteiger partial charge in [-0.25, -0.2) is 0 Å². The largest absolute Gasteiger partial charge is 0.487 e. The number of nitrogens with zero attached hydrogens (tertiary/aromatic N) is 2. The Kier molecular flexibility index (Phi) is 6.33. The lowest BCUT2D eigenvalue weighted by Crippen LogP contribution is -2.23. The second kappa shape index (κ2) is 7.82. The van der Waals surface area contributed by atoms with Crippen molar-refractivity contribution in [1.29, 1.82) is 0 Å². The highest BCUT2D eigenvalue weighted by Crippen LogP contribution is 2.34. The number of carbonyl (C=O) groups excluding carboxylic acids is 1. The van der Waals surface area contributed by atoms with Crippen LogP contribution in [0.1, 0.15) is 5.56 Å². The van der Waals surface area contributed by atoms with Gasteiger partial charge in [-0.05, 0) is 80.7 Å². The number of benzene rings is 1. The number of ether oxygens (including phenoxy) is 1. The summed E-state index contributed by atoms with van der Waals surface area (Å²) < 4.78 is 7.67. The van der Waals surface area contributed by atoms with E-state index in [1.807, 2.05) is 18.2 Å². The van der Waals surface area contributed by atoms with Crippen molar-refractivity contribution < 1.29 is 9.53 Å². The number of amides is 1. The van der Waals surface area contributed by atoms with Gasteiger partial charge < -0.3 is 4.74 Å². The van der Waals surface area contributed by atoms with Crippen LogP contribution in [0.15, 0.2) is 34.7 Å². The minimum absolute atomic E-state index is 0.0254. The Morgan fingerprint density at radius 1 is 1.41 bits per heavy atom. The molecule has 2 rings (SSSR count). The highest BCUT2D eigenvalue weighted by atomic mass is 127. The summed E-state index contributed by atoms with van der Waals surface area (Å²) in [7, 11) is 3.42. The van der Waals surface area contributed by atoms with E-state index in [0.29, 0.717) is 16.7 Å². The molecule has 0 saturated carbocycles. The summed E-state index contributed by atoms with van der Waals surface area (Å²) in [6, 6.07) is 4.01. The normalized spacial score (nSPS) is 18.4. The number of aliphatic imine (C=N–C) groups is 1. The number of rotatable bonds is 4. The monoisotopic (exact) mass is 540 g/mol. The van der Waals surface area contributed by atoms with Gasteiger partial charge in [0, 0.05) is 14.1 Å². The average Bonchev–Trinajstić information content (AvgIpc) is 2.74. The summed E-state index contributed by atoms with van der Waals surface area (Å²) in [5.74, 6) is 0.823. The predicted octanol–water partition coefficient (Wildman–Crippen LogP) is 3.99. The topological polar surface area (TPSA) is 41.9 Å². The maximum absolute atomic E-state index is 12.2. The summed E-state index contributed by atoms with van der Waals surface area (Å²) in [6.07, 6.45) is 3.61. The Balaban J connectivity index is 2.33. The van der Waals surface area contributed by atoms with E-state index < -0.39 is 0 Å². The van der Waals surface area contributed by atoms with Crippen LogP contribution in [-0.4, -0.2) is 36.7 Å². The van der Waals surface area contributed by atoms with E-state index in [1.165, 1.54) is 11.8 Å². The van der Waals surface area contributed by atoms with E-state index in [0.717, 1.165) is 18.5 Å². The quantitative estimate of drug-likeness (QED) is 0.330. The lowest BCUT2D eigenvalue weighted by atomic mass is 10.2. The molecule has 0 aliphatic carbocycles. The second-order valence-electron chi connectivity index (χ2n) is 4.39. The smallest absolute Gasteiger partial charge is 0.266 e. The van der Waals surface area contributed by atoms with Gasteiger partial charge in [0.2, 0.25) is 0 Å². The Morgan fingerprint density at radius 3 is 2.55 bits per heavy atom. The third kappa shape index (κ3) is 3.85. The molecule has 0 radical (unpaired) electrons. The number of hydrogen-bond donors (Lipinski definition) is 0. The number of halogens is 2. The van der Waals surface area contributed by atoms with Crippen molar-refractivity contribution in [3.8, 4) is 5.75 Å². The molecule has 1 heterocycles. The first-order valence-corrected chi connectivity index (χ1v) is 9.32.